The molecule has 0 radical (unpaired) electrons. The zero-order chi connectivity index (χ0) is 22.4. The van der Waals surface area contributed by atoms with Gasteiger partial charge in [-0.15, -0.1) is 0 Å². The third-order valence-corrected chi connectivity index (χ3v) is 6.12. The van der Waals surface area contributed by atoms with Gasteiger partial charge < -0.3 is 10.1 Å². The number of aryl methyl sites for hydroxylation is 2. The molecule has 3 rings (SSSR count). The van der Waals surface area contributed by atoms with Gasteiger partial charge >= 0.3 is 0 Å². The van der Waals surface area contributed by atoms with Crippen LogP contribution in [0.5, 0.6) is 5.75 Å². The number of ether oxygens (including phenoxy) is 1. The second-order valence-corrected chi connectivity index (χ2v) is 8.95. The Bertz CT molecular complexity index is 1140. The van der Waals surface area contributed by atoms with E-state index in [1.165, 1.54) is 12.1 Å². The molecule has 3 aromatic rings. The van der Waals surface area contributed by atoms with Crippen molar-refractivity contribution in [2.75, 3.05) is 10.0 Å². The fourth-order valence-electron chi connectivity index (χ4n) is 3.07. The van der Waals surface area contributed by atoms with E-state index < -0.39 is 16.1 Å². The normalized spacial score (nSPS) is 12.1. The van der Waals surface area contributed by atoms with Crippen molar-refractivity contribution in [1.82, 2.24) is 0 Å². The topological polar surface area (TPSA) is 84.5 Å². The van der Waals surface area contributed by atoms with Gasteiger partial charge in [-0.05, 0) is 68.3 Å². The summed E-state index contributed by atoms with van der Waals surface area (Å²) in [6, 6.07) is 20.5. The summed E-state index contributed by atoms with van der Waals surface area (Å²) in [5, 5.41) is 2.79. The number of rotatable bonds is 8. The average molecular weight is 439 g/mol. The molecule has 1 unspecified atom stereocenters. The number of sulfonamides is 1. The zero-order valence-electron chi connectivity index (χ0n) is 17.8. The second kappa shape index (κ2) is 9.66. The molecular formula is C24H26N2O4S. The van der Waals surface area contributed by atoms with Crippen LogP contribution < -0.4 is 14.8 Å². The van der Waals surface area contributed by atoms with E-state index in [4.69, 9.17) is 4.74 Å². The molecule has 0 aliphatic rings. The summed E-state index contributed by atoms with van der Waals surface area (Å²) >= 11 is 0. The van der Waals surface area contributed by atoms with Crippen LogP contribution in [0.25, 0.3) is 0 Å². The molecule has 0 saturated heterocycles. The van der Waals surface area contributed by atoms with E-state index in [0.717, 1.165) is 11.1 Å². The van der Waals surface area contributed by atoms with Crippen LogP contribution in [0.2, 0.25) is 0 Å². The van der Waals surface area contributed by atoms with E-state index >= 15 is 0 Å². The van der Waals surface area contributed by atoms with Gasteiger partial charge in [0.2, 0.25) is 0 Å². The first-order valence-electron chi connectivity index (χ1n) is 10.0. The molecule has 3 aromatic carbocycles. The molecule has 0 fully saturated rings. The Morgan fingerprint density at radius 3 is 2.23 bits per heavy atom. The van der Waals surface area contributed by atoms with Crippen molar-refractivity contribution >= 4 is 27.3 Å². The molecule has 2 N–H and O–H groups in total. The van der Waals surface area contributed by atoms with Crippen LogP contribution in [0.15, 0.2) is 77.7 Å². The van der Waals surface area contributed by atoms with Gasteiger partial charge in [-0.2, -0.15) is 0 Å². The number of hydrogen-bond acceptors (Lipinski definition) is 4. The summed E-state index contributed by atoms with van der Waals surface area (Å²) in [6.07, 6.45) is -0.170. The van der Waals surface area contributed by atoms with Crippen molar-refractivity contribution in [3.63, 3.8) is 0 Å². The molecule has 0 bridgehead atoms. The number of carbonyl (C=O) groups is 1. The average Bonchev–Trinajstić information content (AvgIpc) is 2.74. The van der Waals surface area contributed by atoms with Gasteiger partial charge in [0.15, 0.2) is 6.10 Å². The van der Waals surface area contributed by atoms with Crippen LogP contribution in [0.1, 0.15) is 24.5 Å². The lowest BCUT2D eigenvalue weighted by Gasteiger charge is -2.19. The highest BCUT2D eigenvalue weighted by molar-refractivity contribution is 7.92. The van der Waals surface area contributed by atoms with Gasteiger partial charge in [-0.1, -0.05) is 42.8 Å². The summed E-state index contributed by atoms with van der Waals surface area (Å²) in [6.45, 7) is 5.81. The third-order valence-electron chi connectivity index (χ3n) is 4.72. The van der Waals surface area contributed by atoms with Crippen LogP contribution in [-0.4, -0.2) is 20.4 Å². The van der Waals surface area contributed by atoms with Gasteiger partial charge in [0.25, 0.3) is 15.9 Å². The molecule has 0 aliphatic heterocycles. The maximum atomic E-state index is 12.7. The Labute approximate surface area is 183 Å². The van der Waals surface area contributed by atoms with Crippen LogP contribution in [0.3, 0.4) is 0 Å². The van der Waals surface area contributed by atoms with Crippen LogP contribution in [-0.2, 0) is 14.8 Å². The van der Waals surface area contributed by atoms with Crippen LogP contribution >= 0.6 is 0 Å². The Morgan fingerprint density at radius 1 is 0.935 bits per heavy atom. The first-order chi connectivity index (χ1) is 14.8. The largest absolute Gasteiger partial charge is 0.480 e. The molecule has 31 heavy (non-hydrogen) atoms. The van der Waals surface area contributed by atoms with Gasteiger partial charge in [-0.25, -0.2) is 8.42 Å². The van der Waals surface area contributed by atoms with Crippen LogP contribution in [0.4, 0.5) is 11.4 Å². The Kier molecular flexibility index (Phi) is 6.97. The van der Waals surface area contributed by atoms with E-state index in [0.29, 0.717) is 23.5 Å². The fourth-order valence-corrected chi connectivity index (χ4v) is 4.13. The van der Waals surface area contributed by atoms with E-state index in [1.54, 1.807) is 36.4 Å². The maximum absolute atomic E-state index is 12.7. The number of para-hydroxylation sites is 1. The molecule has 0 spiro atoms. The zero-order valence-corrected chi connectivity index (χ0v) is 18.6. The molecule has 1 atom stereocenters. The standard InChI is InChI=1S/C24H26N2O4S/c1-4-22(30-23-15-10-17(2)16-18(23)3)24(27)25-19-11-13-21(14-12-19)31(28,29)26-20-8-6-5-7-9-20/h5-16,22,26H,4H2,1-3H3,(H,25,27). The predicted molar refractivity (Wildman–Crippen MR) is 123 cm³/mol. The Balaban J connectivity index is 1.67. The Morgan fingerprint density at radius 2 is 1.61 bits per heavy atom. The molecule has 6 nitrogen and oxygen atoms in total. The van der Waals surface area contributed by atoms with Crippen molar-refractivity contribution in [2.45, 2.75) is 38.2 Å². The monoisotopic (exact) mass is 438 g/mol. The fraction of sp³-hybridized carbons (Fsp3) is 0.208. The molecule has 0 aliphatic carbocycles. The molecule has 7 heteroatoms. The molecule has 0 saturated carbocycles. The van der Waals surface area contributed by atoms with E-state index in [9.17, 15) is 13.2 Å². The summed E-state index contributed by atoms with van der Waals surface area (Å²) in [4.78, 5) is 12.8. The summed E-state index contributed by atoms with van der Waals surface area (Å²) in [5.74, 6) is 0.376. The summed E-state index contributed by atoms with van der Waals surface area (Å²) in [7, 11) is -3.72. The highest BCUT2D eigenvalue weighted by Crippen LogP contribution is 2.22. The number of amides is 1. The van der Waals surface area contributed by atoms with Gasteiger partial charge in [0.1, 0.15) is 5.75 Å². The van der Waals surface area contributed by atoms with Crippen molar-refractivity contribution in [2.24, 2.45) is 0 Å². The minimum absolute atomic E-state index is 0.105. The van der Waals surface area contributed by atoms with Gasteiger partial charge in [0, 0.05) is 11.4 Å². The number of anilines is 2. The molecule has 1 amide bonds. The summed E-state index contributed by atoms with van der Waals surface area (Å²) < 4.78 is 33.5. The van der Waals surface area contributed by atoms with Crippen molar-refractivity contribution in [3.8, 4) is 5.75 Å². The molecular weight excluding hydrogens is 412 g/mol. The first kappa shape index (κ1) is 22.4. The smallest absolute Gasteiger partial charge is 0.265 e. The van der Waals surface area contributed by atoms with Crippen molar-refractivity contribution in [1.29, 1.82) is 0 Å². The van der Waals surface area contributed by atoms with Gasteiger partial charge in [-0.3, -0.25) is 9.52 Å². The molecule has 0 aromatic heterocycles. The minimum atomic E-state index is -3.72. The first-order valence-corrected chi connectivity index (χ1v) is 11.5. The lowest BCUT2D eigenvalue weighted by Crippen LogP contribution is -2.32. The highest BCUT2D eigenvalue weighted by Gasteiger charge is 2.20. The summed E-state index contributed by atoms with van der Waals surface area (Å²) in [5.41, 5.74) is 3.06. The van der Waals surface area contributed by atoms with Crippen molar-refractivity contribution in [3.05, 3.63) is 83.9 Å². The molecule has 0 heterocycles. The third kappa shape index (κ3) is 5.86. The highest BCUT2D eigenvalue weighted by atomic mass is 32.2. The van der Waals surface area contributed by atoms with Gasteiger partial charge in [0.05, 0.1) is 4.90 Å². The van der Waals surface area contributed by atoms with E-state index in [-0.39, 0.29) is 10.8 Å². The lowest BCUT2D eigenvalue weighted by molar-refractivity contribution is -0.122. The lowest BCUT2D eigenvalue weighted by atomic mass is 10.1. The minimum Gasteiger partial charge on any atom is -0.480 e. The van der Waals surface area contributed by atoms with Crippen molar-refractivity contribution < 1.29 is 17.9 Å². The number of carbonyl (C=O) groups excluding carboxylic acids is 1. The predicted octanol–water partition coefficient (Wildman–Crippen LogP) is 4.90. The van der Waals surface area contributed by atoms with E-state index in [2.05, 4.69) is 10.0 Å². The van der Waals surface area contributed by atoms with E-state index in [1.807, 2.05) is 45.0 Å². The SMILES string of the molecule is CCC(Oc1ccc(C)cc1C)C(=O)Nc1ccc(S(=O)(=O)Nc2ccccc2)cc1. The number of nitrogens with one attached hydrogen (secondary N) is 2. The maximum Gasteiger partial charge on any atom is 0.265 e. The van der Waals surface area contributed by atoms with Crippen LogP contribution in [0, 0.1) is 13.8 Å². The molecule has 162 valence electrons. The second-order valence-electron chi connectivity index (χ2n) is 7.27. The quantitative estimate of drug-likeness (QED) is 0.524. The number of hydrogen-bond donors (Lipinski definition) is 2. The number of benzene rings is 3. The Hall–Kier alpha value is -3.32.